The minimum absolute atomic E-state index is 0. The molecule has 0 bridgehead atoms. The molecule has 0 unspecified atom stereocenters. The maximum absolute atomic E-state index is 10.9. The van der Waals surface area contributed by atoms with Crippen molar-refractivity contribution in [2.24, 2.45) is 0 Å². The Morgan fingerprint density at radius 1 is 0.893 bits per heavy atom. The first-order chi connectivity index (χ1) is 13.1. The zero-order valence-electron chi connectivity index (χ0n) is 15.1. The highest BCUT2D eigenvalue weighted by Crippen LogP contribution is 2.26. The molecule has 2 N–H and O–H groups in total. The molecule has 0 amide bonds. The van der Waals surface area contributed by atoms with Gasteiger partial charge in [-0.2, -0.15) is 0 Å². The highest BCUT2D eigenvalue weighted by molar-refractivity contribution is 6.32. The smallest absolute Gasteiger partial charge is 0.335 e. The van der Waals surface area contributed by atoms with Gasteiger partial charge in [-0.05, 0) is 41.0 Å². The van der Waals surface area contributed by atoms with Crippen molar-refractivity contribution in [2.75, 3.05) is 0 Å². The predicted molar refractivity (Wildman–Crippen MR) is 113 cm³/mol. The van der Waals surface area contributed by atoms with Crippen LogP contribution in [-0.4, -0.2) is 11.1 Å². The maximum atomic E-state index is 10.9. The van der Waals surface area contributed by atoms with Crippen molar-refractivity contribution >= 4 is 30.0 Å². The molecule has 0 spiro atoms. The minimum Gasteiger partial charge on any atom is -0.487 e. The molecule has 3 rings (SSSR count). The second kappa shape index (κ2) is 10.7. The number of hydrogen-bond donors (Lipinski definition) is 2. The number of rotatable bonds is 8. The topological polar surface area (TPSA) is 58.6 Å². The lowest BCUT2D eigenvalue weighted by molar-refractivity contribution is 0.0697. The number of halogens is 2. The fourth-order valence-corrected chi connectivity index (χ4v) is 2.88. The number of carboxylic acids is 1. The Kier molecular flexibility index (Phi) is 8.33. The average molecular weight is 418 g/mol. The Labute approximate surface area is 175 Å². The summed E-state index contributed by atoms with van der Waals surface area (Å²) in [6, 6.07) is 22.5. The first-order valence-corrected chi connectivity index (χ1v) is 8.98. The molecule has 0 fully saturated rings. The molecule has 0 radical (unpaired) electrons. The van der Waals surface area contributed by atoms with Gasteiger partial charge in [0, 0.05) is 13.1 Å². The first-order valence-electron chi connectivity index (χ1n) is 8.60. The number of nitrogens with one attached hydrogen (secondary N) is 1. The van der Waals surface area contributed by atoms with Gasteiger partial charge in [0.2, 0.25) is 0 Å². The van der Waals surface area contributed by atoms with Crippen LogP contribution in [0.5, 0.6) is 5.75 Å². The molecule has 4 nitrogen and oxygen atoms in total. The fourth-order valence-electron chi connectivity index (χ4n) is 2.62. The van der Waals surface area contributed by atoms with E-state index in [-0.39, 0.29) is 18.0 Å². The molecule has 0 atom stereocenters. The van der Waals surface area contributed by atoms with E-state index in [4.69, 9.17) is 21.4 Å². The SMILES string of the molecule is Cl.O=C(O)c1ccc(CNCc2ccc(OCc3ccccc3)c(Cl)c2)cc1. The van der Waals surface area contributed by atoms with Gasteiger partial charge in [-0.1, -0.05) is 60.1 Å². The Morgan fingerprint density at radius 3 is 2.18 bits per heavy atom. The summed E-state index contributed by atoms with van der Waals surface area (Å²) in [5.74, 6) is -0.257. The molecule has 3 aromatic rings. The van der Waals surface area contributed by atoms with E-state index in [1.165, 1.54) is 0 Å². The van der Waals surface area contributed by atoms with Crippen molar-refractivity contribution in [1.29, 1.82) is 0 Å². The van der Waals surface area contributed by atoms with Crippen LogP contribution in [0.2, 0.25) is 5.02 Å². The number of carboxylic acid groups (broad SMARTS) is 1. The van der Waals surface area contributed by atoms with Gasteiger partial charge < -0.3 is 15.2 Å². The summed E-state index contributed by atoms with van der Waals surface area (Å²) >= 11 is 6.33. The molecule has 0 aliphatic rings. The predicted octanol–water partition coefficient (Wildman–Crippen LogP) is 5.33. The van der Waals surface area contributed by atoms with Crippen LogP contribution in [0.4, 0.5) is 0 Å². The van der Waals surface area contributed by atoms with Crippen molar-refractivity contribution in [1.82, 2.24) is 5.32 Å². The average Bonchev–Trinajstić information content (AvgIpc) is 2.68. The van der Waals surface area contributed by atoms with Crippen molar-refractivity contribution in [3.8, 4) is 5.75 Å². The van der Waals surface area contributed by atoms with Crippen LogP contribution in [-0.2, 0) is 19.7 Å². The van der Waals surface area contributed by atoms with Crippen LogP contribution >= 0.6 is 24.0 Å². The van der Waals surface area contributed by atoms with Crippen LogP contribution in [0.3, 0.4) is 0 Å². The van der Waals surface area contributed by atoms with Gasteiger partial charge in [-0.25, -0.2) is 4.79 Å². The van der Waals surface area contributed by atoms with E-state index in [0.29, 0.717) is 30.5 Å². The van der Waals surface area contributed by atoms with Gasteiger partial charge in [-0.15, -0.1) is 12.4 Å². The number of benzene rings is 3. The molecule has 0 heterocycles. The first kappa shape index (κ1) is 21.8. The molecular formula is C22H21Cl2NO3. The van der Waals surface area contributed by atoms with Crippen LogP contribution in [0.25, 0.3) is 0 Å². The van der Waals surface area contributed by atoms with Crippen molar-refractivity contribution in [3.63, 3.8) is 0 Å². The van der Waals surface area contributed by atoms with Crippen LogP contribution in [0, 0.1) is 0 Å². The number of carbonyl (C=O) groups is 1. The highest BCUT2D eigenvalue weighted by Gasteiger charge is 2.05. The molecule has 0 aromatic heterocycles. The second-order valence-corrected chi connectivity index (χ2v) is 6.55. The number of aromatic carboxylic acids is 1. The van der Waals surface area contributed by atoms with E-state index in [0.717, 1.165) is 16.7 Å². The lowest BCUT2D eigenvalue weighted by Crippen LogP contribution is -2.12. The summed E-state index contributed by atoms with van der Waals surface area (Å²) in [6.07, 6.45) is 0. The van der Waals surface area contributed by atoms with E-state index in [2.05, 4.69) is 5.32 Å². The third-order valence-corrected chi connectivity index (χ3v) is 4.39. The molecule has 0 saturated heterocycles. The lowest BCUT2D eigenvalue weighted by Gasteiger charge is -2.10. The summed E-state index contributed by atoms with van der Waals surface area (Å²) in [5, 5.41) is 12.8. The van der Waals surface area contributed by atoms with Crippen molar-refractivity contribution < 1.29 is 14.6 Å². The number of hydrogen-bond acceptors (Lipinski definition) is 3. The summed E-state index contributed by atoms with van der Waals surface area (Å²) in [6.45, 7) is 1.77. The highest BCUT2D eigenvalue weighted by atomic mass is 35.5. The monoisotopic (exact) mass is 417 g/mol. The Hall–Kier alpha value is -2.53. The van der Waals surface area contributed by atoms with E-state index < -0.39 is 5.97 Å². The maximum Gasteiger partial charge on any atom is 0.335 e. The molecule has 28 heavy (non-hydrogen) atoms. The van der Waals surface area contributed by atoms with Gasteiger partial charge in [0.1, 0.15) is 12.4 Å². The molecule has 0 aliphatic carbocycles. The van der Waals surface area contributed by atoms with E-state index in [1.807, 2.05) is 60.7 Å². The molecule has 6 heteroatoms. The Balaban J connectivity index is 0.00000280. The largest absolute Gasteiger partial charge is 0.487 e. The van der Waals surface area contributed by atoms with Crippen LogP contribution < -0.4 is 10.1 Å². The summed E-state index contributed by atoms with van der Waals surface area (Å²) in [7, 11) is 0. The molecular weight excluding hydrogens is 397 g/mol. The molecule has 3 aromatic carbocycles. The van der Waals surface area contributed by atoms with Crippen LogP contribution in [0.1, 0.15) is 27.0 Å². The quantitative estimate of drug-likeness (QED) is 0.519. The normalized spacial score (nSPS) is 10.2. The van der Waals surface area contributed by atoms with Crippen LogP contribution in [0.15, 0.2) is 72.8 Å². The molecule has 0 aliphatic heterocycles. The van der Waals surface area contributed by atoms with E-state index in [9.17, 15) is 4.79 Å². The Bertz CT molecular complexity index is 899. The Morgan fingerprint density at radius 2 is 1.54 bits per heavy atom. The molecule has 146 valence electrons. The van der Waals surface area contributed by atoms with Crippen molar-refractivity contribution in [3.05, 3.63) is 100 Å². The third-order valence-electron chi connectivity index (χ3n) is 4.09. The standard InChI is InChI=1S/C22H20ClNO3.ClH/c23-20-12-18(8-11-21(20)27-15-17-4-2-1-3-5-17)14-24-13-16-6-9-19(10-7-16)22(25)26;/h1-12,24H,13-15H2,(H,25,26);1H. The third kappa shape index (κ3) is 6.27. The fraction of sp³-hybridized carbons (Fsp3) is 0.136. The zero-order chi connectivity index (χ0) is 19.1. The summed E-state index contributed by atoms with van der Waals surface area (Å²) in [4.78, 5) is 10.9. The van der Waals surface area contributed by atoms with Crippen molar-refractivity contribution in [2.45, 2.75) is 19.7 Å². The van der Waals surface area contributed by atoms with E-state index >= 15 is 0 Å². The number of ether oxygens (including phenoxy) is 1. The van der Waals surface area contributed by atoms with E-state index in [1.54, 1.807) is 12.1 Å². The van der Waals surface area contributed by atoms with Gasteiger partial charge in [0.05, 0.1) is 10.6 Å². The van der Waals surface area contributed by atoms with Gasteiger partial charge >= 0.3 is 5.97 Å². The zero-order valence-corrected chi connectivity index (χ0v) is 16.7. The lowest BCUT2D eigenvalue weighted by atomic mass is 10.1. The molecule has 0 saturated carbocycles. The van der Waals surface area contributed by atoms with Gasteiger partial charge in [0.15, 0.2) is 0 Å². The summed E-state index contributed by atoms with van der Waals surface area (Å²) in [5.41, 5.74) is 3.45. The minimum atomic E-state index is -0.918. The summed E-state index contributed by atoms with van der Waals surface area (Å²) < 4.78 is 5.78. The second-order valence-electron chi connectivity index (χ2n) is 6.14. The van der Waals surface area contributed by atoms with Gasteiger partial charge in [0.25, 0.3) is 0 Å². The van der Waals surface area contributed by atoms with Gasteiger partial charge in [-0.3, -0.25) is 0 Å².